The van der Waals surface area contributed by atoms with Gasteiger partial charge in [0.2, 0.25) is 0 Å². The summed E-state index contributed by atoms with van der Waals surface area (Å²) in [5.74, 6) is 0.506. The first kappa shape index (κ1) is 22.1. The third-order valence-electron chi connectivity index (χ3n) is 4.82. The maximum absolute atomic E-state index is 12.8. The topological polar surface area (TPSA) is 89.3 Å². The molecule has 32 heavy (non-hydrogen) atoms. The van der Waals surface area contributed by atoms with Crippen LogP contribution >= 0.6 is 23.4 Å². The van der Waals surface area contributed by atoms with E-state index in [1.54, 1.807) is 18.2 Å². The number of sulfonamides is 1. The standard InChI is InChI=1S/C23H17ClN2O4S2/c24-20-10-3-4-11-21(20)25-32(29,30)18-12-13-23(22(14-18)26(27)28)31-15-17-8-5-7-16-6-1-2-9-19(16)17/h1-14,25H,15H2. The number of benzene rings is 4. The zero-order valence-electron chi connectivity index (χ0n) is 16.6. The molecule has 0 saturated carbocycles. The molecule has 0 unspecified atom stereocenters. The molecule has 0 aliphatic heterocycles. The minimum atomic E-state index is -4.05. The molecule has 4 aromatic carbocycles. The number of fused-ring (bicyclic) bond motifs is 1. The molecule has 0 fully saturated rings. The van der Waals surface area contributed by atoms with Crippen LogP contribution in [-0.4, -0.2) is 13.3 Å². The minimum Gasteiger partial charge on any atom is -0.278 e. The van der Waals surface area contributed by atoms with E-state index in [1.165, 1.54) is 30.0 Å². The Morgan fingerprint density at radius 2 is 1.66 bits per heavy atom. The SMILES string of the molecule is O=[N+]([O-])c1cc(S(=O)(=O)Nc2ccccc2Cl)ccc1SCc1cccc2ccccc12. The van der Waals surface area contributed by atoms with Gasteiger partial charge < -0.3 is 0 Å². The molecule has 0 aliphatic rings. The summed E-state index contributed by atoms with van der Waals surface area (Å²) >= 11 is 7.32. The number of thioether (sulfide) groups is 1. The molecule has 4 rings (SSSR count). The first-order valence-corrected chi connectivity index (χ1v) is 12.3. The highest BCUT2D eigenvalue weighted by atomic mass is 35.5. The van der Waals surface area contributed by atoms with Crippen LogP contribution in [0.4, 0.5) is 11.4 Å². The van der Waals surface area contributed by atoms with E-state index in [9.17, 15) is 18.5 Å². The molecule has 0 heterocycles. The molecule has 0 amide bonds. The van der Waals surface area contributed by atoms with Crippen LogP contribution in [0.5, 0.6) is 0 Å². The van der Waals surface area contributed by atoms with Gasteiger partial charge in [0.25, 0.3) is 15.7 Å². The van der Waals surface area contributed by atoms with E-state index in [-0.39, 0.29) is 21.3 Å². The molecule has 0 atom stereocenters. The van der Waals surface area contributed by atoms with Crippen LogP contribution in [0, 0.1) is 10.1 Å². The molecule has 1 N–H and O–H groups in total. The Hall–Kier alpha value is -3.07. The van der Waals surface area contributed by atoms with Crippen LogP contribution in [0.2, 0.25) is 5.02 Å². The van der Waals surface area contributed by atoms with E-state index in [0.29, 0.717) is 10.6 Å². The first-order chi connectivity index (χ1) is 15.3. The fraction of sp³-hybridized carbons (Fsp3) is 0.0435. The summed E-state index contributed by atoms with van der Waals surface area (Å²) in [6, 6.07) is 24.1. The molecular formula is C23H17ClN2O4S2. The highest BCUT2D eigenvalue weighted by molar-refractivity contribution is 7.98. The van der Waals surface area contributed by atoms with Crippen molar-refractivity contribution in [1.82, 2.24) is 0 Å². The van der Waals surface area contributed by atoms with Gasteiger partial charge in [-0.1, -0.05) is 66.2 Å². The molecule has 0 bridgehead atoms. The highest BCUT2D eigenvalue weighted by Crippen LogP contribution is 2.35. The Labute approximate surface area is 194 Å². The zero-order chi connectivity index (χ0) is 22.7. The van der Waals surface area contributed by atoms with Crippen molar-refractivity contribution in [3.8, 4) is 0 Å². The zero-order valence-corrected chi connectivity index (χ0v) is 19.0. The second-order valence-corrected chi connectivity index (χ2v) is 10.0. The van der Waals surface area contributed by atoms with E-state index < -0.39 is 14.9 Å². The Kier molecular flexibility index (Phi) is 6.36. The molecule has 9 heteroatoms. The smallest absolute Gasteiger partial charge is 0.278 e. The number of nitrogens with zero attached hydrogens (tertiary/aromatic N) is 1. The number of halogens is 1. The van der Waals surface area contributed by atoms with Gasteiger partial charge in [0.1, 0.15) is 0 Å². The number of nitro groups is 1. The molecule has 0 radical (unpaired) electrons. The van der Waals surface area contributed by atoms with Crippen molar-refractivity contribution in [2.24, 2.45) is 0 Å². The van der Waals surface area contributed by atoms with Gasteiger partial charge in [0.05, 0.1) is 25.4 Å². The normalized spacial score (nSPS) is 11.4. The van der Waals surface area contributed by atoms with E-state index in [2.05, 4.69) is 4.72 Å². The van der Waals surface area contributed by atoms with Crippen molar-refractivity contribution in [2.75, 3.05) is 4.72 Å². The molecule has 0 aliphatic carbocycles. The van der Waals surface area contributed by atoms with Crippen molar-refractivity contribution >= 4 is 55.5 Å². The lowest BCUT2D eigenvalue weighted by atomic mass is 10.1. The summed E-state index contributed by atoms with van der Waals surface area (Å²) in [6.07, 6.45) is 0. The Balaban J connectivity index is 1.62. The highest BCUT2D eigenvalue weighted by Gasteiger charge is 2.22. The van der Waals surface area contributed by atoms with Crippen molar-refractivity contribution in [2.45, 2.75) is 15.5 Å². The lowest BCUT2D eigenvalue weighted by Crippen LogP contribution is -2.13. The van der Waals surface area contributed by atoms with Crippen molar-refractivity contribution < 1.29 is 13.3 Å². The third-order valence-corrected chi connectivity index (χ3v) is 7.62. The molecule has 162 valence electrons. The van der Waals surface area contributed by atoms with Crippen LogP contribution < -0.4 is 4.72 Å². The number of nitrogens with one attached hydrogen (secondary N) is 1. The van der Waals surface area contributed by atoms with Gasteiger partial charge in [-0.15, -0.1) is 11.8 Å². The van der Waals surface area contributed by atoms with Crippen LogP contribution in [0.3, 0.4) is 0 Å². The van der Waals surface area contributed by atoms with Gasteiger partial charge in [-0.3, -0.25) is 14.8 Å². The van der Waals surface area contributed by atoms with Gasteiger partial charge in [0, 0.05) is 11.8 Å². The Morgan fingerprint density at radius 3 is 2.44 bits per heavy atom. The number of rotatable bonds is 7. The average molecular weight is 485 g/mol. The summed E-state index contributed by atoms with van der Waals surface area (Å²) in [6.45, 7) is 0. The predicted molar refractivity (Wildman–Crippen MR) is 129 cm³/mol. The average Bonchev–Trinajstić information content (AvgIpc) is 2.79. The third kappa shape index (κ3) is 4.72. The van der Waals surface area contributed by atoms with Gasteiger partial charge in [-0.25, -0.2) is 8.42 Å². The number of hydrogen-bond acceptors (Lipinski definition) is 5. The summed E-state index contributed by atoms with van der Waals surface area (Å²) < 4.78 is 27.9. The van der Waals surface area contributed by atoms with Gasteiger partial charge in [0.15, 0.2) is 0 Å². The van der Waals surface area contributed by atoms with E-state index in [4.69, 9.17) is 11.6 Å². The summed E-state index contributed by atoms with van der Waals surface area (Å²) in [5, 5.41) is 14.1. The van der Waals surface area contributed by atoms with E-state index in [0.717, 1.165) is 22.4 Å². The van der Waals surface area contributed by atoms with Gasteiger partial charge in [-0.05, 0) is 40.6 Å². The summed E-state index contributed by atoms with van der Waals surface area (Å²) in [7, 11) is -4.05. The van der Waals surface area contributed by atoms with Crippen LogP contribution in [-0.2, 0) is 15.8 Å². The minimum absolute atomic E-state index is 0.200. The predicted octanol–water partition coefficient (Wildman–Crippen LogP) is 6.49. The first-order valence-electron chi connectivity index (χ1n) is 9.50. The summed E-state index contributed by atoms with van der Waals surface area (Å²) in [5.41, 5.74) is 0.975. The van der Waals surface area contributed by atoms with Gasteiger partial charge >= 0.3 is 0 Å². The second kappa shape index (κ2) is 9.20. The fourth-order valence-corrected chi connectivity index (χ4v) is 5.60. The Bertz CT molecular complexity index is 1420. The van der Waals surface area contributed by atoms with Crippen molar-refractivity contribution in [1.29, 1.82) is 0 Å². The molecule has 0 aromatic heterocycles. The molecule has 0 saturated heterocycles. The van der Waals surface area contributed by atoms with Gasteiger partial charge in [-0.2, -0.15) is 0 Å². The van der Waals surface area contributed by atoms with Crippen LogP contribution in [0.1, 0.15) is 5.56 Å². The van der Waals surface area contributed by atoms with Crippen molar-refractivity contribution in [3.05, 3.63) is 106 Å². The fourth-order valence-electron chi connectivity index (χ4n) is 3.25. The molecular weight excluding hydrogens is 468 g/mol. The van der Waals surface area contributed by atoms with Crippen molar-refractivity contribution in [3.63, 3.8) is 0 Å². The number of nitro benzene ring substituents is 1. The monoisotopic (exact) mass is 484 g/mol. The quantitative estimate of drug-likeness (QED) is 0.184. The Morgan fingerprint density at radius 1 is 0.938 bits per heavy atom. The lowest BCUT2D eigenvalue weighted by molar-refractivity contribution is -0.388. The number of hydrogen-bond donors (Lipinski definition) is 1. The lowest BCUT2D eigenvalue weighted by Gasteiger charge is -2.11. The van der Waals surface area contributed by atoms with E-state index in [1.807, 2.05) is 42.5 Å². The second-order valence-electron chi connectivity index (χ2n) is 6.90. The van der Waals surface area contributed by atoms with Crippen LogP contribution in [0.15, 0.2) is 94.7 Å². The van der Waals surface area contributed by atoms with Crippen LogP contribution in [0.25, 0.3) is 10.8 Å². The molecule has 0 spiro atoms. The maximum atomic E-state index is 12.8. The maximum Gasteiger partial charge on any atom is 0.284 e. The number of para-hydroxylation sites is 1. The van der Waals surface area contributed by atoms with E-state index >= 15 is 0 Å². The molecule has 4 aromatic rings. The number of anilines is 1. The molecule has 6 nitrogen and oxygen atoms in total. The summed E-state index contributed by atoms with van der Waals surface area (Å²) in [4.78, 5) is 11.3. The largest absolute Gasteiger partial charge is 0.284 e.